The van der Waals surface area contributed by atoms with Crippen LogP contribution in [-0.4, -0.2) is 28.2 Å². The van der Waals surface area contributed by atoms with Crippen LogP contribution in [0.25, 0.3) is 10.6 Å². The largest absolute Gasteiger partial charge is 0.457 e. The molecule has 0 radical (unpaired) electrons. The van der Waals surface area contributed by atoms with E-state index in [0.717, 1.165) is 5.56 Å². The molecule has 0 unspecified atom stereocenters. The van der Waals surface area contributed by atoms with Crippen molar-refractivity contribution in [3.05, 3.63) is 90.5 Å². The van der Waals surface area contributed by atoms with Crippen LogP contribution in [0.15, 0.2) is 90.0 Å². The van der Waals surface area contributed by atoms with E-state index >= 15 is 0 Å². The number of carbonyl (C=O) groups is 2. The van der Waals surface area contributed by atoms with Gasteiger partial charge in [0.25, 0.3) is 0 Å². The highest BCUT2D eigenvalue weighted by Gasteiger charge is 2.16. The highest BCUT2D eigenvalue weighted by atomic mass is 32.1. The molecule has 4 aromatic rings. The number of hydrogen-bond donors (Lipinski definition) is 2. The molecule has 9 heteroatoms. The first kappa shape index (κ1) is 20.9. The summed E-state index contributed by atoms with van der Waals surface area (Å²) in [6.07, 6.45) is 1.42. The molecule has 1 aromatic heterocycles. The molecule has 0 aliphatic rings. The molecule has 32 heavy (non-hydrogen) atoms. The quantitative estimate of drug-likeness (QED) is 0.265. The van der Waals surface area contributed by atoms with E-state index in [-0.39, 0.29) is 5.13 Å². The second-order valence-corrected chi connectivity index (χ2v) is 7.40. The van der Waals surface area contributed by atoms with E-state index in [1.165, 1.54) is 17.6 Å². The minimum atomic E-state index is -0.922. The van der Waals surface area contributed by atoms with Crippen molar-refractivity contribution >= 4 is 34.5 Å². The molecule has 2 amide bonds. The molecule has 158 valence electrons. The van der Waals surface area contributed by atoms with Gasteiger partial charge in [0.2, 0.25) is 5.13 Å². The molecule has 0 aliphatic carbocycles. The van der Waals surface area contributed by atoms with Gasteiger partial charge in [0.15, 0.2) is 0 Å². The summed E-state index contributed by atoms with van der Waals surface area (Å²) in [6, 6.07) is 25.9. The summed E-state index contributed by atoms with van der Waals surface area (Å²) >= 11 is 1.17. The molecule has 4 rings (SSSR count). The van der Waals surface area contributed by atoms with Gasteiger partial charge in [-0.2, -0.15) is 5.10 Å². The normalized spacial score (nSPS) is 10.6. The monoisotopic (exact) mass is 443 g/mol. The van der Waals surface area contributed by atoms with Gasteiger partial charge < -0.3 is 4.74 Å². The van der Waals surface area contributed by atoms with Crippen molar-refractivity contribution in [2.24, 2.45) is 5.10 Å². The Morgan fingerprint density at radius 2 is 1.56 bits per heavy atom. The van der Waals surface area contributed by atoms with E-state index in [1.807, 2.05) is 66.7 Å². The van der Waals surface area contributed by atoms with Gasteiger partial charge in [-0.3, -0.25) is 14.9 Å². The molecular weight excluding hydrogens is 426 g/mol. The van der Waals surface area contributed by atoms with Gasteiger partial charge in [0.1, 0.15) is 16.5 Å². The Morgan fingerprint density at radius 1 is 0.844 bits per heavy atom. The smallest absolute Gasteiger partial charge is 0.329 e. The zero-order valence-electron chi connectivity index (χ0n) is 16.6. The van der Waals surface area contributed by atoms with Gasteiger partial charge >= 0.3 is 11.8 Å². The van der Waals surface area contributed by atoms with Gasteiger partial charge in [-0.1, -0.05) is 72.0 Å². The second kappa shape index (κ2) is 10.1. The first-order chi connectivity index (χ1) is 15.7. The van der Waals surface area contributed by atoms with Crippen molar-refractivity contribution in [1.29, 1.82) is 0 Å². The van der Waals surface area contributed by atoms with Crippen molar-refractivity contribution in [2.75, 3.05) is 5.32 Å². The minimum Gasteiger partial charge on any atom is -0.457 e. The predicted molar refractivity (Wildman–Crippen MR) is 123 cm³/mol. The van der Waals surface area contributed by atoms with E-state index in [2.05, 4.69) is 26.0 Å². The van der Waals surface area contributed by atoms with Crippen molar-refractivity contribution in [2.45, 2.75) is 0 Å². The molecule has 3 aromatic carbocycles. The number of nitrogens with one attached hydrogen (secondary N) is 2. The summed E-state index contributed by atoms with van der Waals surface area (Å²) in [4.78, 5) is 24.1. The highest BCUT2D eigenvalue weighted by molar-refractivity contribution is 7.18. The topological polar surface area (TPSA) is 106 Å². The third-order valence-electron chi connectivity index (χ3n) is 4.09. The first-order valence-electron chi connectivity index (χ1n) is 9.54. The van der Waals surface area contributed by atoms with Crippen molar-refractivity contribution in [1.82, 2.24) is 15.6 Å². The Hall–Kier alpha value is -4.37. The third-order valence-corrected chi connectivity index (χ3v) is 4.98. The van der Waals surface area contributed by atoms with Gasteiger partial charge in [-0.25, -0.2) is 5.43 Å². The molecule has 0 atom stereocenters. The Bertz CT molecular complexity index is 1240. The number of amides is 2. The third kappa shape index (κ3) is 5.61. The lowest BCUT2D eigenvalue weighted by atomic mass is 10.2. The van der Waals surface area contributed by atoms with E-state index in [4.69, 9.17) is 4.74 Å². The molecule has 0 aliphatic heterocycles. The number of carbonyl (C=O) groups excluding carboxylic acids is 2. The number of ether oxygens (including phenoxy) is 1. The summed E-state index contributed by atoms with van der Waals surface area (Å²) in [5.74, 6) is -0.484. The SMILES string of the molecule is O=C(N/N=C/c1cccc(Oc2ccccc2)c1)C(=O)Nc1nnc(-c2ccccc2)s1. The Labute approximate surface area is 187 Å². The van der Waals surface area contributed by atoms with Gasteiger partial charge in [0.05, 0.1) is 6.21 Å². The lowest BCUT2D eigenvalue weighted by Gasteiger charge is -2.05. The summed E-state index contributed by atoms with van der Waals surface area (Å²) < 4.78 is 5.76. The van der Waals surface area contributed by atoms with E-state index in [0.29, 0.717) is 22.1 Å². The zero-order valence-corrected chi connectivity index (χ0v) is 17.5. The highest BCUT2D eigenvalue weighted by Crippen LogP contribution is 2.25. The number of para-hydroxylation sites is 1. The number of aromatic nitrogens is 2. The van der Waals surface area contributed by atoms with Crippen LogP contribution in [0, 0.1) is 0 Å². The summed E-state index contributed by atoms with van der Waals surface area (Å²) in [5, 5.41) is 15.0. The molecule has 0 spiro atoms. The molecule has 0 saturated carbocycles. The molecule has 0 bridgehead atoms. The molecule has 8 nitrogen and oxygen atoms in total. The number of rotatable bonds is 6. The van der Waals surface area contributed by atoms with Crippen LogP contribution in [0.1, 0.15) is 5.56 Å². The summed E-state index contributed by atoms with van der Waals surface area (Å²) in [6.45, 7) is 0. The Morgan fingerprint density at radius 3 is 2.34 bits per heavy atom. The maximum atomic E-state index is 12.1. The number of anilines is 1. The average Bonchev–Trinajstić information content (AvgIpc) is 3.29. The van der Waals surface area contributed by atoms with Crippen LogP contribution in [0.3, 0.4) is 0 Å². The van der Waals surface area contributed by atoms with Crippen LogP contribution in [-0.2, 0) is 9.59 Å². The van der Waals surface area contributed by atoms with Crippen molar-refractivity contribution in [3.63, 3.8) is 0 Å². The lowest BCUT2D eigenvalue weighted by Crippen LogP contribution is -2.32. The fourth-order valence-electron chi connectivity index (χ4n) is 2.62. The fourth-order valence-corrected chi connectivity index (χ4v) is 3.37. The van der Waals surface area contributed by atoms with E-state index in [9.17, 15) is 9.59 Å². The van der Waals surface area contributed by atoms with Crippen LogP contribution in [0.5, 0.6) is 11.5 Å². The van der Waals surface area contributed by atoms with Gasteiger partial charge in [0, 0.05) is 5.56 Å². The number of nitrogens with zero attached hydrogens (tertiary/aromatic N) is 3. The van der Waals surface area contributed by atoms with Crippen molar-refractivity contribution < 1.29 is 14.3 Å². The number of hydrogen-bond acceptors (Lipinski definition) is 7. The van der Waals surface area contributed by atoms with Crippen LogP contribution in [0.2, 0.25) is 0 Å². The molecule has 1 heterocycles. The lowest BCUT2D eigenvalue weighted by molar-refractivity contribution is -0.136. The van der Waals surface area contributed by atoms with Crippen LogP contribution in [0.4, 0.5) is 5.13 Å². The molecule has 0 fully saturated rings. The maximum Gasteiger partial charge on any atom is 0.329 e. The summed E-state index contributed by atoms with van der Waals surface area (Å²) in [7, 11) is 0. The molecular formula is C23H17N5O3S. The Kier molecular flexibility index (Phi) is 6.59. The van der Waals surface area contributed by atoms with Gasteiger partial charge in [-0.15, -0.1) is 10.2 Å². The zero-order chi connectivity index (χ0) is 22.2. The fraction of sp³-hybridized carbons (Fsp3) is 0. The standard InChI is InChI=1S/C23H17N5O3S/c29-20(25-23-28-27-22(32-23)17-9-3-1-4-10-17)21(30)26-24-15-16-8-7-13-19(14-16)31-18-11-5-2-6-12-18/h1-15H,(H,26,30)(H,25,28,29)/b24-15+. The van der Waals surface area contributed by atoms with E-state index < -0.39 is 11.8 Å². The second-order valence-electron chi connectivity index (χ2n) is 6.42. The van der Waals surface area contributed by atoms with E-state index in [1.54, 1.807) is 18.2 Å². The number of hydrazone groups is 1. The molecule has 0 saturated heterocycles. The maximum absolute atomic E-state index is 12.1. The predicted octanol–water partition coefficient (Wildman–Crippen LogP) is 4.09. The summed E-state index contributed by atoms with van der Waals surface area (Å²) in [5.41, 5.74) is 3.76. The van der Waals surface area contributed by atoms with Gasteiger partial charge in [-0.05, 0) is 29.8 Å². The van der Waals surface area contributed by atoms with Crippen LogP contribution >= 0.6 is 11.3 Å². The van der Waals surface area contributed by atoms with Crippen molar-refractivity contribution in [3.8, 4) is 22.1 Å². The Balaban J connectivity index is 1.31. The molecule has 2 N–H and O–H groups in total. The minimum absolute atomic E-state index is 0.221. The average molecular weight is 443 g/mol. The first-order valence-corrected chi connectivity index (χ1v) is 10.4. The number of benzene rings is 3. The van der Waals surface area contributed by atoms with Crippen LogP contribution < -0.4 is 15.5 Å².